The molecule has 1 aliphatic rings. The lowest BCUT2D eigenvalue weighted by atomic mass is 9.98. The number of nitrogens with one attached hydrogen (secondary N) is 1. The fourth-order valence-electron chi connectivity index (χ4n) is 1.49. The lowest BCUT2D eigenvalue weighted by Gasteiger charge is -2.12. The molecule has 0 aromatic carbocycles. The zero-order chi connectivity index (χ0) is 9.14. The molecule has 1 aliphatic heterocycles. The van der Waals surface area contributed by atoms with Crippen LogP contribution in [-0.4, -0.2) is 29.6 Å². The van der Waals surface area contributed by atoms with Crippen molar-refractivity contribution in [2.45, 2.75) is 18.9 Å². The molecule has 1 fully saturated rings. The molecule has 1 heterocycles. The Hall–Kier alpha value is -1.10. The lowest BCUT2D eigenvalue weighted by Crippen LogP contribution is -2.35. The van der Waals surface area contributed by atoms with Gasteiger partial charge in [0.25, 0.3) is 0 Å². The van der Waals surface area contributed by atoms with Gasteiger partial charge in [0, 0.05) is 12.5 Å². The largest absolute Gasteiger partial charge is 0.481 e. The zero-order valence-corrected chi connectivity index (χ0v) is 6.62. The van der Waals surface area contributed by atoms with Crippen LogP contribution in [0.25, 0.3) is 0 Å². The Morgan fingerprint density at radius 3 is 2.75 bits per heavy atom. The van der Waals surface area contributed by atoms with Crippen molar-refractivity contribution in [2.24, 2.45) is 11.7 Å². The van der Waals surface area contributed by atoms with Gasteiger partial charge in [-0.3, -0.25) is 9.59 Å². The van der Waals surface area contributed by atoms with Crippen LogP contribution < -0.4 is 11.1 Å². The molecule has 5 nitrogen and oxygen atoms in total. The van der Waals surface area contributed by atoms with Gasteiger partial charge in [0.15, 0.2) is 0 Å². The summed E-state index contributed by atoms with van der Waals surface area (Å²) in [5.41, 5.74) is 4.96. The van der Waals surface area contributed by atoms with Crippen molar-refractivity contribution in [3.63, 3.8) is 0 Å². The molecule has 0 saturated carbocycles. The van der Waals surface area contributed by atoms with Crippen LogP contribution >= 0.6 is 0 Å². The monoisotopic (exact) mass is 172 g/mol. The van der Waals surface area contributed by atoms with E-state index in [9.17, 15) is 9.59 Å². The van der Waals surface area contributed by atoms with Gasteiger partial charge in [-0.2, -0.15) is 0 Å². The van der Waals surface area contributed by atoms with Gasteiger partial charge in [-0.25, -0.2) is 0 Å². The van der Waals surface area contributed by atoms with Gasteiger partial charge in [-0.1, -0.05) is 0 Å². The summed E-state index contributed by atoms with van der Waals surface area (Å²) in [4.78, 5) is 21.1. The smallest absolute Gasteiger partial charge is 0.308 e. The molecular formula is C7H12N2O3. The average Bonchev–Trinajstić information content (AvgIpc) is 2.33. The van der Waals surface area contributed by atoms with E-state index >= 15 is 0 Å². The Balaban J connectivity index is 2.52. The van der Waals surface area contributed by atoms with Gasteiger partial charge in [-0.05, 0) is 13.0 Å². The highest BCUT2D eigenvalue weighted by atomic mass is 16.4. The number of amides is 1. The minimum Gasteiger partial charge on any atom is -0.481 e. The molecule has 1 saturated heterocycles. The maximum absolute atomic E-state index is 10.6. The molecule has 1 amide bonds. The fraction of sp³-hybridized carbons (Fsp3) is 0.714. The average molecular weight is 172 g/mol. The van der Waals surface area contributed by atoms with Crippen molar-refractivity contribution in [1.82, 2.24) is 5.32 Å². The number of carbonyl (C=O) groups is 2. The molecule has 0 spiro atoms. The van der Waals surface area contributed by atoms with Crippen molar-refractivity contribution >= 4 is 11.9 Å². The Bertz CT molecular complexity index is 205. The van der Waals surface area contributed by atoms with Gasteiger partial charge < -0.3 is 16.2 Å². The van der Waals surface area contributed by atoms with E-state index in [1.165, 1.54) is 0 Å². The molecule has 68 valence electrons. The van der Waals surface area contributed by atoms with Gasteiger partial charge in [-0.15, -0.1) is 0 Å². The third-order valence-corrected chi connectivity index (χ3v) is 2.09. The number of rotatable bonds is 3. The number of carboxylic acid groups (broad SMARTS) is 1. The third-order valence-electron chi connectivity index (χ3n) is 2.09. The second kappa shape index (κ2) is 3.53. The first-order chi connectivity index (χ1) is 5.61. The molecule has 2 atom stereocenters. The highest BCUT2D eigenvalue weighted by molar-refractivity contribution is 5.77. The summed E-state index contributed by atoms with van der Waals surface area (Å²) in [5.74, 6) is -1.77. The zero-order valence-electron chi connectivity index (χ0n) is 6.62. The van der Waals surface area contributed by atoms with E-state index in [1.807, 2.05) is 0 Å². The second-order valence-corrected chi connectivity index (χ2v) is 2.96. The molecule has 4 N–H and O–H groups in total. The van der Waals surface area contributed by atoms with Crippen LogP contribution in [0.3, 0.4) is 0 Å². The Kier molecular flexibility index (Phi) is 2.65. The number of hydrogen-bond acceptors (Lipinski definition) is 3. The summed E-state index contributed by atoms with van der Waals surface area (Å²) in [6, 6.07) is -0.278. The van der Waals surface area contributed by atoms with Crippen LogP contribution in [0.5, 0.6) is 0 Å². The first kappa shape index (κ1) is 8.99. The van der Waals surface area contributed by atoms with Crippen molar-refractivity contribution < 1.29 is 14.7 Å². The maximum atomic E-state index is 10.6. The van der Waals surface area contributed by atoms with Crippen LogP contribution in [-0.2, 0) is 9.59 Å². The van der Waals surface area contributed by atoms with E-state index in [1.54, 1.807) is 0 Å². The summed E-state index contributed by atoms with van der Waals surface area (Å²) in [6.07, 6.45) is 0.685. The van der Waals surface area contributed by atoms with E-state index in [4.69, 9.17) is 10.8 Å². The minimum absolute atomic E-state index is 0.108. The van der Waals surface area contributed by atoms with E-state index in [-0.39, 0.29) is 12.5 Å². The normalized spacial score (nSPS) is 28.7. The molecule has 0 radical (unpaired) electrons. The van der Waals surface area contributed by atoms with Crippen LogP contribution in [0.15, 0.2) is 0 Å². The molecular weight excluding hydrogens is 160 g/mol. The van der Waals surface area contributed by atoms with Crippen molar-refractivity contribution in [2.75, 3.05) is 6.54 Å². The molecule has 0 bridgehead atoms. The Labute approximate surface area is 69.9 Å². The first-order valence-corrected chi connectivity index (χ1v) is 3.85. The number of hydrogen-bond donors (Lipinski definition) is 3. The summed E-state index contributed by atoms with van der Waals surface area (Å²) >= 11 is 0. The number of carboxylic acids is 1. The second-order valence-electron chi connectivity index (χ2n) is 2.96. The van der Waals surface area contributed by atoms with E-state index < -0.39 is 17.8 Å². The van der Waals surface area contributed by atoms with E-state index in [0.717, 1.165) is 0 Å². The highest BCUT2D eigenvalue weighted by Gasteiger charge is 2.33. The minimum atomic E-state index is -0.855. The van der Waals surface area contributed by atoms with E-state index in [2.05, 4.69) is 5.32 Å². The SMILES string of the molecule is NC(=O)CC1NCC[C@H]1C(=O)O. The quantitative estimate of drug-likeness (QED) is 0.505. The number of carbonyl (C=O) groups excluding carboxylic acids is 1. The molecule has 12 heavy (non-hydrogen) atoms. The summed E-state index contributed by atoms with van der Waals surface area (Å²) < 4.78 is 0. The first-order valence-electron chi connectivity index (χ1n) is 3.85. The van der Waals surface area contributed by atoms with Gasteiger partial charge in [0.2, 0.25) is 5.91 Å². The van der Waals surface area contributed by atoms with Crippen LogP contribution in [0, 0.1) is 5.92 Å². The fourth-order valence-corrected chi connectivity index (χ4v) is 1.49. The van der Waals surface area contributed by atoms with Gasteiger partial charge >= 0.3 is 5.97 Å². The number of primary amides is 1. The van der Waals surface area contributed by atoms with Crippen molar-refractivity contribution in [3.05, 3.63) is 0 Å². The predicted molar refractivity (Wildman–Crippen MR) is 41.3 cm³/mol. The third kappa shape index (κ3) is 1.94. The predicted octanol–water partition coefficient (Wildman–Crippen LogP) is -1.08. The van der Waals surface area contributed by atoms with E-state index in [0.29, 0.717) is 13.0 Å². The topological polar surface area (TPSA) is 92.4 Å². The van der Waals surface area contributed by atoms with Crippen LogP contribution in [0.4, 0.5) is 0 Å². The Morgan fingerprint density at radius 1 is 1.58 bits per heavy atom. The Morgan fingerprint density at radius 2 is 2.25 bits per heavy atom. The van der Waals surface area contributed by atoms with Gasteiger partial charge in [0.05, 0.1) is 5.92 Å². The van der Waals surface area contributed by atoms with Crippen molar-refractivity contribution in [1.29, 1.82) is 0 Å². The molecule has 0 aromatic heterocycles. The summed E-state index contributed by atoms with van der Waals surface area (Å²) in [6.45, 7) is 0.648. The van der Waals surface area contributed by atoms with Crippen molar-refractivity contribution in [3.8, 4) is 0 Å². The van der Waals surface area contributed by atoms with Gasteiger partial charge in [0.1, 0.15) is 0 Å². The number of nitrogens with two attached hydrogens (primary N) is 1. The standard InChI is InChI=1S/C7H12N2O3/c8-6(10)3-5-4(7(11)12)1-2-9-5/h4-5,9H,1-3H2,(H2,8,10)(H,11,12)/t4-,5?/m1/s1. The molecule has 1 rings (SSSR count). The number of aliphatic carboxylic acids is 1. The summed E-state index contributed by atoms with van der Waals surface area (Å²) in [5, 5.41) is 11.6. The molecule has 1 unspecified atom stereocenters. The molecule has 0 aliphatic carbocycles. The molecule has 5 heteroatoms. The molecule has 0 aromatic rings. The maximum Gasteiger partial charge on any atom is 0.308 e. The van der Waals surface area contributed by atoms with Crippen LogP contribution in [0.2, 0.25) is 0 Å². The lowest BCUT2D eigenvalue weighted by molar-refractivity contribution is -0.142. The summed E-state index contributed by atoms with van der Waals surface area (Å²) in [7, 11) is 0. The highest BCUT2D eigenvalue weighted by Crippen LogP contribution is 2.17. The van der Waals surface area contributed by atoms with Crippen LogP contribution in [0.1, 0.15) is 12.8 Å².